The average molecular weight is 369 g/mol. The number of primary sulfonamides is 1. The number of carbonyl (C=O) groups excluding carboxylic acids is 1. The van der Waals surface area contributed by atoms with Gasteiger partial charge in [-0.05, 0) is 74.7 Å². The van der Waals surface area contributed by atoms with E-state index in [1.807, 2.05) is 0 Å². The van der Waals surface area contributed by atoms with Gasteiger partial charge in [0.2, 0.25) is 10.0 Å². The maximum atomic E-state index is 12.5. The van der Waals surface area contributed by atoms with Gasteiger partial charge in [-0.3, -0.25) is 4.79 Å². The van der Waals surface area contributed by atoms with E-state index in [4.69, 9.17) is 5.14 Å². The molecule has 3 N–H and O–H groups in total. The van der Waals surface area contributed by atoms with Gasteiger partial charge in [0.25, 0.3) is 5.91 Å². The zero-order valence-electron chi connectivity index (χ0n) is 13.8. The van der Waals surface area contributed by atoms with Crippen molar-refractivity contribution in [1.82, 2.24) is 5.32 Å². The second kappa shape index (κ2) is 5.54. The number of hydrogen-bond acceptors (Lipinski definition) is 4. The van der Waals surface area contributed by atoms with Crippen LogP contribution in [0.1, 0.15) is 55.8 Å². The summed E-state index contributed by atoms with van der Waals surface area (Å²) < 4.78 is 22.8. The van der Waals surface area contributed by atoms with E-state index in [-0.39, 0.29) is 21.6 Å². The lowest BCUT2D eigenvalue weighted by atomic mass is 9.48. The minimum Gasteiger partial charge on any atom is -0.349 e. The fourth-order valence-corrected chi connectivity index (χ4v) is 7.31. The number of hydrogen-bond donors (Lipinski definition) is 2. The van der Waals surface area contributed by atoms with Crippen molar-refractivity contribution in [3.05, 3.63) is 17.0 Å². The van der Waals surface area contributed by atoms with Crippen LogP contribution in [0.4, 0.5) is 0 Å². The highest BCUT2D eigenvalue weighted by Crippen LogP contribution is 2.61. The molecule has 4 aliphatic rings. The highest BCUT2D eigenvalue weighted by molar-refractivity contribution is 7.91. The summed E-state index contributed by atoms with van der Waals surface area (Å²) >= 11 is 0.998. The summed E-state index contributed by atoms with van der Waals surface area (Å²) in [6.07, 6.45) is 7.82. The monoisotopic (exact) mass is 368 g/mol. The molecule has 4 aliphatic carbocycles. The van der Waals surface area contributed by atoms with Crippen molar-refractivity contribution in [3.63, 3.8) is 0 Å². The Labute approximate surface area is 147 Å². The van der Waals surface area contributed by atoms with Crippen LogP contribution in [0.25, 0.3) is 0 Å². The van der Waals surface area contributed by atoms with Crippen LogP contribution >= 0.6 is 11.3 Å². The van der Waals surface area contributed by atoms with E-state index < -0.39 is 10.0 Å². The molecule has 1 heterocycles. The molecule has 4 saturated carbocycles. The largest absolute Gasteiger partial charge is 0.349 e. The van der Waals surface area contributed by atoms with Gasteiger partial charge in [-0.15, -0.1) is 11.3 Å². The predicted octanol–water partition coefficient (Wildman–Crippen LogP) is 2.73. The molecule has 4 bridgehead atoms. The zero-order chi connectivity index (χ0) is 17.1. The smallest absolute Gasteiger partial charge is 0.252 e. The standard InChI is InChI=1S/C17H24N2O3S2/c1-10(17-6-11-2-12(7-17)4-13(3-11)8-17)19-16(20)14-5-15(23-9-14)24(18,21)22/h5,9-13H,2-4,6-8H2,1H3,(H,19,20)(H2,18,21,22)/t10-,11?,12?,13?,17?/m0/s1. The normalized spacial score (nSPS) is 35.8. The maximum absolute atomic E-state index is 12.5. The molecule has 4 fully saturated rings. The Balaban J connectivity index is 1.49. The summed E-state index contributed by atoms with van der Waals surface area (Å²) in [6.45, 7) is 2.12. The Morgan fingerprint density at radius 1 is 1.25 bits per heavy atom. The van der Waals surface area contributed by atoms with Crippen molar-refractivity contribution in [1.29, 1.82) is 0 Å². The van der Waals surface area contributed by atoms with Crippen LogP contribution < -0.4 is 10.5 Å². The molecule has 0 aliphatic heterocycles. The molecule has 1 aromatic rings. The topological polar surface area (TPSA) is 89.3 Å². The van der Waals surface area contributed by atoms with Gasteiger partial charge in [0.1, 0.15) is 4.21 Å². The molecule has 1 amide bonds. The molecule has 5 nitrogen and oxygen atoms in total. The average Bonchev–Trinajstić information content (AvgIpc) is 2.95. The fourth-order valence-electron chi connectivity index (χ4n) is 5.73. The highest BCUT2D eigenvalue weighted by atomic mass is 32.2. The van der Waals surface area contributed by atoms with Gasteiger partial charge < -0.3 is 5.32 Å². The number of amides is 1. The van der Waals surface area contributed by atoms with Crippen LogP contribution in [0.5, 0.6) is 0 Å². The van der Waals surface area contributed by atoms with E-state index in [1.54, 1.807) is 5.38 Å². The SMILES string of the molecule is C[C@H](NC(=O)c1csc(S(N)(=O)=O)c1)C12CC3CC(CC(C3)C1)C2. The van der Waals surface area contributed by atoms with Gasteiger partial charge >= 0.3 is 0 Å². The molecular weight excluding hydrogens is 344 g/mol. The molecule has 0 saturated heterocycles. The minimum absolute atomic E-state index is 0.0371. The molecule has 0 unspecified atom stereocenters. The molecule has 132 valence electrons. The third-order valence-corrected chi connectivity index (χ3v) is 8.86. The molecule has 24 heavy (non-hydrogen) atoms. The molecule has 0 radical (unpaired) electrons. The van der Waals surface area contributed by atoms with Crippen LogP contribution in [0.3, 0.4) is 0 Å². The third-order valence-electron chi connectivity index (χ3n) is 6.47. The van der Waals surface area contributed by atoms with Crippen LogP contribution in [0, 0.1) is 23.2 Å². The second-order valence-corrected chi connectivity index (χ2v) is 10.9. The first-order valence-corrected chi connectivity index (χ1v) is 11.1. The number of rotatable bonds is 4. The molecule has 1 atom stereocenters. The summed E-state index contributed by atoms with van der Waals surface area (Å²) in [7, 11) is -3.74. The molecule has 1 aromatic heterocycles. The van der Waals surface area contributed by atoms with Crippen molar-refractivity contribution in [3.8, 4) is 0 Å². The van der Waals surface area contributed by atoms with Crippen LogP contribution in [0.15, 0.2) is 15.7 Å². The van der Waals surface area contributed by atoms with E-state index >= 15 is 0 Å². The highest BCUT2D eigenvalue weighted by Gasteiger charge is 2.53. The van der Waals surface area contributed by atoms with Crippen molar-refractivity contribution in [2.24, 2.45) is 28.3 Å². The van der Waals surface area contributed by atoms with Gasteiger partial charge in [-0.25, -0.2) is 13.6 Å². The van der Waals surface area contributed by atoms with E-state index in [9.17, 15) is 13.2 Å². The van der Waals surface area contributed by atoms with Crippen molar-refractivity contribution >= 4 is 27.3 Å². The van der Waals surface area contributed by atoms with Crippen LogP contribution in [0.2, 0.25) is 0 Å². The van der Waals surface area contributed by atoms with Crippen molar-refractivity contribution < 1.29 is 13.2 Å². The maximum Gasteiger partial charge on any atom is 0.252 e. The van der Waals surface area contributed by atoms with E-state index in [0.717, 1.165) is 29.1 Å². The van der Waals surface area contributed by atoms with Gasteiger partial charge in [-0.1, -0.05) is 0 Å². The van der Waals surface area contributed by atoms with Crippen molar-refractivity contribution in [2.45, 2.75) is 55.7 Å². The lowest BCUT2D eigenvalue weighted by Crippen LogP contribution is -2.55. The summed E-state index contributed by atoms with van der Waals surface area (Å²) in [5, 5.41) is 9.85. The van der Waals surface area contributed by atoms with Gasteiger partial charge in [0, 0.05) is 11.4 Å². The van der Waals surface area contributed by atoms with Crippen LogP contribution in [-0.2, 0) is 10.0 Å². The number of sulfonamides is 1. The van der Waals surface area contributed by atoms with Gasteiger partial charge in [0.15, 0.2) is 0 Å². The van der Waals surface area contributed by atoms with E-state index in [1.165, 1.54) is 44.6 Å². The Hall–Kier alpha value is -0.920. The number of nitrogens with one attached hydrogen (secondary N) is 1. The number of nitrogens with two attached hydrogens (primary N) is 1. The molecule has 0 aromatic carbocycles. The molecule has 0 spiro atoms. The lowest BCUT2D eigenvalue weighted by molar-refractivity contribution is -0.0688. The molecule has 7 heteroatoms. The minimum atomic E-state index is -3.74. The number of thiophene rings is 1. The summed E-state index contributed by atoms with van der Waals surface area (Å²) in [6, 6.07) is 1.50. The van der Waals surface area contributed by atoms with E-state index in [0.29, 0.717) is 5.56 Å². The first-order valence-electron chi connectivity index (χ1n) is 8.67. The zero-order valence-corrected chi connectivity index (χ0v) is 15.5. The second-order valence-electron chi connectivity index (χ2n) is 8.17. The predicted molar refractivity (Wildman–Crippen MR) is 93.2 cm³/mol. The van der Waals surface area contributed by atoms with Gasteiger partial charge in [0.05, 0.1) is 5.56 Å². The Bertz CT molecular complexity index is 733. The van der Waals surface area contributed by atoms with Crippen LogP contribution in [-0.4, -0.2) is 20.4 Å². The Morgan fingerprint density at radius 2 is 1.79 bits per heavy atom. The third kappa shape index (κ3) is 2.80. The Morgan fingerprint density at radius 3 is 2.25 bits per heavy atom. The first-order chi connectivity index (χ1) is 11.2. The van der Waals surface area contributed by atoms with Crippen molar-refractivity contribution in [2.75, 3.05) is 0 Å². The molecule has 5 rings (SSSR count). The fraction of sp³-hybridized carbons (Fsp3) is 0.706. The summed E-state index contributed by atoms with van der Waals surface area (Å²) in [5.41, 5.74) is 0.629. The quantitative estimate of drug-likeness (QED) is 0.856. The number of carbonyl (C=O) groups is 1. The lowest BCUT2D eigenvalue weighted by Gasteiger charge is -2.59. The first kappa shape index (κ1) is 16.5. The molecular formula is C17H24N2O3S2. The summed E-state index contributed by atoms with van der Waals surface area (Å²) in [5.74, 6) is 2.33. The summed E-state index contributed by atoms with van der Waals surface area (Å²) in [4.78, 5) is 12.5. The van der Waals surface area contributed by atoms with E-state index in [2.05, 4.69) is 12.2 Å². The van der Waals surface area contributed by atoms with Gasteiger partial charge in [-0.2, -0.15) is 0 Å². The Kier molecular flexibility index (Phi) is 3.82.